The molecule has 4 nitrogen and oxygen atoms in total. The number of hydrogen-bond acceptors (Lipinski definition) is 4. The maximum atomic E-state index is 13.0. The number of hydrogen-bond donors (Lipinski definition) is 0. The minimum absolute atomic E-state index is 0.146. The molecule has 6 heteroatoms. The van der Waals surface area contributed by atoms with E-state index in [2.05, 4.69) is 4.74 Å². The summed E-state index contributed by atoms with van der Waals surface area (Å²) >= 11 is 5.94. The second kappa shape index (κ2) is 7.13. The van der Waals surface area contributed by atoms with Gasteiger partial charge in [0, 0.05) is 5.56 Å². The van der Waals surface area contributed by atoms with E-state index in [4.69, 9.17) is 21.1 Å². The summed E-state index contributed by atoms with van der Waals surface area (Å²) in [6.45, 7) is 0.146. The average Bonchev–Trinajstić information content (AvgIpc) is 2.53. The van der Waals surface area contributed by atoms with Crippen molar-refractivity contribution in [3.05, 3.63) is 58.4 Å². The van der Waals surface area contributed by atoms with Crippen molar-refractivity contribution in [2.45, 2.75) is 6.61 Å². The fraction of sp³-hybridized carbons (Fsp3) is 0.188. The van der Waals surface area contributed by atoms with Crippen molar-refractivity contribution in [2.24, 2.45) is 0 Å². The van der Waals surface area contributed by atoms with Crippen LogP contribution in [-0.4, -0.2) is 20.2 Å². The summed E-state index contributed by atoms with van der Waals surface area (Å²) < 4.78 is 28.4. The van der Waals surface area contributed by atoms with Crippen LogP contribution in [0.15, 0.2) is 36.4 Å². The molecule has 0 fully saturated rings. The molecule has 0 aromatic heterocycles. The van der Waals surface area contributed by atoms with Crippen LogP contribution in [0.5, 0.6) is 11.5 Å². The smallest absolute Gasteiger partial charge is 0.337 e. The molecule has 2 aromatic carbocycles. The number of carbonyl (C=O) groups excluding carboxylic acids is 1. The van der Waals surface area contributed by atoms with Gasteiger partial charge in [0.2, 0.25) is 0 Å². The molecule has 0 N–H and O–H groups in total. The number of methoxy groups -OCH3 is 2. The number of halogens is 2. The van der Waals surface area contributed by atoms with Gasteiger partial charge in [-0.1, -0.05) is 17.7 Å². The van der Waals surface area contributed by atoms with Gasteiger partial charge >= 0.3 is 5.97 Å². The van der Waals surface area contributed by atoms with Gasteiger partial charge in [0.1, 0.15) is 12.4 Å². The van der Waals surface area contributed by atoms with Crippen LogP contribution in [0.2, 0.25) is 5.02 Å². The van der Waals surface area contributed by atoms with E-state index in [1.807, 2.05) is 0 Å². The van der Waals surface area contributed by atoms with Crippen LogP contribution >= 0.6 is 11.6 Å². The lowest BCUT2D eigenvalue weighted by Gasteiger charge is -2.12. The summed E-state index contributed by atoms with van der Waals surface area (Å²) in [7, 11) is 2.77. The molecular weight excluding hydrogens is 311 g/mol. The molecule has 0 saturated carbocycles. The topological polar surface area (TPSA) is 44.8 Å². The lowest BCUT2D eigenvalue weighted by atomic mass is 10.2. The highest BCUT2D eigenvalue weighted by Crippen LogP contribution is 2.30. The van der Waals surface area contributed by atoms with Gasteiger partial charge in [0.25, 0.3) is 0 Å². The van der Waals surface area contributed by atoms with Crippen molar-refractivity contribution < 1.29 is 23.4 Å². The van der Waals surface area contributed by atoms with Crippen LogP contribution in [0, 0.1) is 5.82 Å². The van der Waals surface area contributed by atoms with Crippen LogP contribution in [-0.2, 0) is 11.3 Å². The van der Waals surface area contributed by atoms with E-state index >= 15 is 0 Å². The standard InChI is InChI=1S/C16H14ClFO4/c1-20-15-7-10(16(19)21-2)4-6-14(15)22-9-11-3-5-12(18)8-13(11)17/h3-8H,9H2,1-2H3. The van der Waals surface area contributed by atoms with E-state index < -0.39 is 11.8 Å². The van der Waals surface area contributed by atoms with Gasteiger partial charge in [0.05, 0.1) is 24.8 Å². The van der Waals surface area contributed by atoms with Crippen molar-refractivity contribution in [3.8, 4) is 11.5 Å². The van der Waals surface area contributed by atoms with Crippen molar-refractivity contribution >= 4 is 17.6 Å². The normalized spacial score (nSPS) is 10.2. The van der Waals surface area contributed by atoms with Gasteiger partial charge in [0.15, 0.2) is 11.5 Å². The number of benzene rings is 2. The molecule has 0 radical (unpaired) electrons. The zero-order valence-corrected chi connectivity index (χ0v) is 12.8. The Hall–Kier alpha value is -2.27. The second-order valence-corrected chi connectivity index (χ2v) is 4.79. The van der Waals surface area contributed by atoms with Gasteiger partial charge in [-0.15, -0.1) is 0 Å². The lowest BCUT2D eigenvalue weighted by molar-refractivity contribution is 0.0600. The number of esters is 1. The Kier molecular flexibility index (Phi) is 5.22. The lowest BCUT2D eigenvalue weighted by Crippen LogP contribution is -2.03. The summed E-state index contributed by atoms with van der Waals surface area (Å²) in [5.74, 6) is -0.0446. The zero-order valence-electron chi connectivity index (χ0n) is 12.1. The Labute approximate surface area is 132 Å². The van der Waals surface area contributed by atoms with Gasteiger partial charge in [-0.2, -0.15) is 0 Å². The molecule has 0 aliphatic carbocycles. The number of rotatable bonds is 5. The average molecular weight is 325 g/mol. The molecule has 0 atom stereocenters. The first kappa shape index (κ1) is 16.1. The highest BCUT2D eigenvalue weighted by molar-refractivity contribution is 6.31. The molecule has 22 heavy (non-hydrogen) atoms. The Morgan fingerprint density at radius 2 is 1.91 bits per heavy atom. The molecule has 0 aliphatic rings. The highest BCUT2D eigenvalue weighted by atomic mass is 35.5. The third kappa shape index (κ3) is 3.68. The Bertz CT molecular complexity index is 688. The summed E-state index contributed by atoms with van der Waals surface area (Å²) in [4.78, 5) is 11.5. The summed E-state index contributed by atoms with van der Waals surface area (Å²) in [6, 6.07) is 8.76. The van der Waals surface area contributed by atoms with Crippen molar-refractivity contribution in [1.82, 2.24) is 0 Å². The van der Waals surface area contributed by atoms with Crippen molar-refractivity contribution in [2.75, 3.05) is 14.2 Å². The third-order valence-electron chi connectivity index (χ3n) is 2.98. The number of carbonyl (C=O) groups is 1. The van der Waals surface area contributed by atoms with Crippen molar-refractivity contribution in [3.63, 3.8) is 0 Å². The molecule has 0 spiro atoms. The zero-order chi connectivity index (χ0) is 16.1. The predicted molar refractivity (Wildman–Crippen MR) is 80.1 cm³/mol. The molecule has 0 aliphatic heterocycles. The van der Waals surface area contributed by atoms with E-state index in [-0.39, 0.29) is 11.6 Å². The molecule has 2 rings (SSSR count). The SMILES string of the molecule is COC(=O)c1ccc(OCc2ccc(F)cc2Cl)c(OC)c1. The van der Waals surface area contributed by atoms with Gasteiger partial charge in [-0.05, 0) is 30.3 Å². The molecule has 0 heterocycles. The van der Waals surface area contributed by atoms with Crippen LogP contribution in [0.25, 0.3) is 0 Å². The molecule has 0 saturated heterocycles. The fourth-order valence-corrected chi connectivity index (χ4v) is 2.05. The second-order valence-electron chi connectivity index (χ2n) is 4.38. The third-order valence-corrected chi connectivity index (χ3v) is 3.33. The number of ether oxygens (including phenoxy) is 3. The fourth-order valence-electron chi connectivity index (χ4n) is 1.83. The Balaban J connectivity index is 2.17. The molecular formula is C16H14ClFO4. The minimum atomic E-state index is -0.466. The summed E-state index contributed by atoms with van der Waals surface area (Å²) in [6.07, 6.45) is 0. The maximum absolute atomic E-state index is 13.0. The largest absolute Gasteiger partial charge is 0.493 e. The van der Waals surface area contributed by atoms with E-state index in [9.17, 15) is 9.18 Å². The summed E-state index contributed by atoms with van der Waals surface area (Å²) in [5.41, 5.74) is 0.994. The van der Waals surface area contributed by atoms with E-state index in [0.717, 1.165) is 0 Å². The van der Waals surface area contributed by atoms with Gasteiger partial charge < -0.3 is 14.2 Å². The molecule has 0 bridgehead atoms. The Morgan fingerprint density at radius 3 is 2.55 bits per heavy atom. The van der Waals surface area contributed by atoms with Crippen LogP contribution < -0.4 is 9.47 Å². The van der Waals surface area contributed by atoms with Gasteiger partial charge in [-0.3, -0.25) is 0 Å². The highest BCUT2D eigenvalue weighted by Gasteiger charge is 2.12. The quantitative estimate of drug-likeness (QED) is 0.784. The monoisotopic (exact) mass is 324 g/mol. The van der Waals surface area contributed by atoms with E-state index in [1.54, 1.807) is 18.2 Å². The van der Waals surface area contributed by atoms with E-state index in [0.29, 0.717) is 22.6 Å². The van der Waals surface area contributed by atoms with Crippen LogP contribution in [0.4, 0.5) is 4.39 Å². The van der Waals surface area contributed by atoms with Crippen LogP contribution in [0.1, 0.15) is 15.9 Å². The van der Waals surface area contributed by atoms with Gasteiger partial charge in [-0.25, -0.2) is 9.18 Å². The Morgan fingerprint density at radius 1 is 1.14 bits per heavy atom. The molecule has 0 unspecified atom stereocenters. The molecule has 116 valence electrons. The first-order valence-corrected chi connectivity index (χ1v) is 6.76. The minimum Gasteiger partial charge on any atom is -0.493 e. The maximum Gasteiger partial charge on any atom is 0.337 e. The van der Waals surface area contributed by atoms with Crippen LogP contribution in [0.3, 0.4) is 0 Å². The summed E-state index contributed by atoms with van der Waals surface area (Å²) in [5, 5.41) is 0.283. The van der Waals surface area contributed by atoms with Crippen molar-refractivity contribution in [1.29, 1.82) is 0 Å². The first-order valence-electron chi connectivity index (χ1n) is 6.38. The molecule has 0 amide bonds. The first-order chi connectivity index (χ1) is 10.5. The predicted octanol–water partition coefficient (Wildman–Crippen LogP) is 3.85. The molecule has 2 aromatic rings. The van der Waals surface area contributed by atoms with E-state index in [1.165, 1.54) is 32.4 Å².